The van der Waals surface area contributed by atoms with Gasteiger partial charge in [0.15, 0.2) is 0 Å². The van der Waals surface area contributed by atoms with Crippen molar-refractivity contribution in [3.8, 4) is 0 Å². The Morgan fingerprint density at radius 2 is 2.07 bits per heavy atom. The first-order chi connectivity index (χ1) is 14.3. The number of amides is 3. The first-order valence-electron chi connectivity index (χ1n) is 8.68. The van der Waals surface area contributed by atoms with Crippen molar-refractivity contribution in [2.75, 3.05) is 4.90 Å². The fraction of sp³-hybridized carbons (Fsp3) is 0.235. The molecule has 0 saturated carbocycles. The zero-order valence-corrected chi connectivity index (χ0v) is 15.3. The van der Waals surface area contributed by atoms with Crippen LogP contribution in [-0.2, 0) is 20.9 Å². The number of carboxylic acids is 1. The van der Waals surface area contributed by atoms with E-state index in [1.807, 2.05) is 0 Å². The molecule has 0 aliphatic carbocycles. The van der Waals surface area contributed by atoms with E-state index in [1.165, 1.54) is 41.2 Å². The van der Waals surface area contributed by atoms with E-state index in [0.29, 0.717) is 0 Å². The summed E-state index contributed by atoms with van der Waals surface area (Å²) < 4.78 is 1.24. The molecule has 3 amide bonds. The lowest BCUT2D eigenvalue weighted by Gasteiger charge is -2.16. The molecule has 1 aliphatic heterocycles. The Kier molecular flexibility index (Phi) is 5.83. The number of hydrogen-bond donors (Lipinski definition) is 3. The molecule has 13 nitrogen and oxygen atoms in total. The second-order valence-corrected chi connectivity index (χ2v) is 6.32. The van der Waals surface area contributed by atoms with Gasteiger partial charge in [0.05, 0.1) is 41.6 Å². The number of rotatable bonds is 8. The third-order valence-corrected chi connectivity index (χ3v) is 4.27. The Hall–Kier alpha value is -4.13. The van der Waals surface area contributed by atoms with Crippen LogP contribution >= 0.6 is 0 Å². The van der Waals surface area contributed by atoms with E-state index in [2.05, 4.69) is 16.0 Å². The van der Waals surface area contributed by atoms with Gasteiger partial charge in [0.2, 0.25) is 11.8 Å². The average Bonchev–Trinajstić information content (AvgIpc) is 3.29. The van der Waals surface area contributed by atoms with Crippen molar-refractivity contribution in [2.24, 2.45) is 0 Å². The summed E-state index contributed by atoms with van der Waals surface area (Å²) in [6.45, 7) is 0.0764. The van der Waals surface area contributed by atoms with E-state index < -0.39 is 34.7 Å². The number of anilines is 1. The zero-order valence-electron chi connectivity index (χ0n) is 15.3. The number of hydrogen-bond acceptors (Lipinski definition) is 8. The van der Waals surface area contributed by atoms with Crippen molar-refractivity contribution in [2.45, 2.75) is 25.4 Å². The van der Waals surface area contributed by atoms with Gasteiger partial charge in [0.1, 0.15) is 6.04 Å². The van der Waals surface area contributed by atoms with E-state index >= 15 is 0 Å². The highest BCUT2D eigenvalue weighted by Crippen LogP contribution is 2.23. The third-order valence-electron chi connectivity index (χ3n) is 4.27. The van der Waals surface area contributed by atoms with Crippen molar-refractivity contribution in [3.63, 3.8) is 0 Å². The Morgan fingerprint density at radius 3 is 2.73 bits per heavy atom. The van der Waals surface area contributed by atoms with Crippen LogP contribution in [0.2, 0.25) is 0 Å². The number of carbonyl (C=O) groups excluding carboxylic acids is 3. The Balaban J connectivity index is 1.54. The van der Waals surface area contributed by atoms with Crippen LogP contribution in [-0.4, -0.2) is 49.5 Å². The van der Waals surface area contributed by atoms with Crippen molar-refractivity contribution in [3.05, 3.63) is 52.2 Å². The number of carbonyl (C=O) groups is 4. The highest BCUT2D eigenvalue weighted by molar-refractivity contribution is 6.22. The van der Waals surface area contributed by atoms with Crippen LogP contribution in [0, 0.1) is 10.1 Å². The summed E-state index contributed by atoms with van der Waals surface area (Å²) in [7, 11) is 0. The molecule has 2 heterocycles. The number of nitro groups is 1. The van der Waals surface area contributed by atoms with Gasteiger partial charge in [0, 0.05) is 6.42 Å². The molecule has 0 radical (unpaired) electrons. The minimum Gasteiger partial charge on any atom is -0.478 e. The monoisotopic (exact) mass is 416 g/mol. The molecule has 1 atom stereocenters. The van der Waals surface area contributed by atoms with E-state index in [4.69, 9.17) is 5.11 Å². The predicted molar refractivity (Wildman–Crippen MR) is 99.1 cm³/mol. The molecule has 156 valence electrons. The molecule has 13 heteroatoms. The number of carboxylic acid groups (broad SMARTS) is 1. The molecule has 1 fully saturated rings. The Labute approximate surface area is 168 Å². The van der Waals surface area contributed by atoms with Gasteiger partial charge in [-0.1, -0.05) is 6.07 Å². The van der Waals surface area contributed by atoms with Crippen LogP contribution in [0.25, 0.3) is 0 Å². The number of imide groups is 1. The number of aryl methyl sites for hydroxylation is 1. The van der Waals surface area contributed by atoms with E-state index in [1.54, 1.807) is 0 Å². The summed E-state index contributed by atoms with van der Waals surface area (Å²) in [6.07, 6.45) is 1.06. The van der Waals surface area contributed by atoms with Crippen LogP contribution in [0.15, 0.2) is 36.5 Å². The molecule has 1 aromatic carbocycles. The topological polar surface area (TPSA) is 177 Å². The molecule has 3 rings (SSSR count). The van der Waals surface area contributed by atoms with Gasteiger partial charge < -0.3 is 15.2 Å². The zero-order chi connectivity index (χ0) is 21.8. The van der Waals surface area contributed by atoms with E-state index in [-0.39, 0.29) is 36.5 Å². The van der Waals surface area contributed by atoms with Crippen LogP contribution in [0.4, 0.5) is 11.5 Å². The van der Waals surface area contributed by atoms with Gasteiger partial charge in [-0.05, 0) is 23.1 Å². The summed E-state index contributed by atoms with van der Waals surface area (Å²) in [5.74, 6) is -3.22. The standard InChI is InChI=1S/C17H16N6O7/c24-14(5-7-21-6-4-13(20-21)23(29)30)19-18-12-9-15(25)22(16(12)26)11-3-1-2-10(8-11)17(27)28/h1-4,6,8,12,18H,5,7,9H2,(H,19,24)(H,27,28)/t12-/m0/s1. The quantitative estimate of drug-likeness (QED) is 0.299. The van der Waals surface area contributed by atoms with E-state index in [9.17, 15) is 29.3 Å². The summed E-state index contributed by atoms with van der Waals surface area (Å²) in [4.78, 5) is 58.6. The summed E-state index contributed by atoms with van der Waals surface area (Å²) >= 11 is 0. The van der Waals surface area contributed by atoms with Crippen molar-refractivity contribution in [1.82, 2.24) is 20.6 Å². The molecule has 1 aromatic heterocycles. The van der Waals surface area contributed by atoms with Gasteiger partial charge in [-0.15, -0.1) is 0 Å². The van der Waals surface area contributed by atoms with E-state index in [0.717, 1.165) is 4.90 Å². The fourth-order valence-electron chi connectivity index (χ4n) is 2.81. The number of hydrazine groups is 1. The van der Waals surface area contributed by atoms with Gasteiger partial charge in [0.25, 0.3) is 5.91 Å². The van der Waals surface area contributed by atoms with Gasteiger partial charge >= 0.3 is 11.8 Å². The van der Waals surface area contributed by atoms with Gasteiger partial charge in [-0.2, -0.15) is 4.68 Å². The van der Waals surface area contributed by atoms with Crippen LogP contribution in [0.5, 0.6) is 0 Å². The minimum atomic E-state index is -1.19. The normalized spacial score (nSPS) is 16.0. The molecule has 0 spiro atoms. The largest absolute Gasteiger partial charge is 0.478 e. The van der Waals surface area contributed by atoms with Crippen LogP contribution < -0.4 is 15.8 Å². The summed E-state index contributed by atoms with van der Waals surface area (Å²) in [6, 6.07) is 5.59. The number of benzene rings is 1. The molecule has 1 aliphatic rings. The number of nitrogens with one attached hydrogen (secondary N) is 2. The van der Waals surface area contributed by atoms with Crippen molar-refractivity contribution >= 4 is 35.2 Å². The maximum absolute atomic E-state index is 12.5. The van der Waals surface area contributed by atoms with Gasteiger partial charge in [-0.3, -0.25) is 19.8 Å². The van der Waals surface area contributed by atoms with Gasteiger partial charge in [-0.25, -0.2) is 15.1 Å². The SMILES string of the molecule is O=C(CCn1ccc([N+](=O)[O-])n1)NN[C@H]1CC(=O)N(c2cccc(C(=O)O)c2)C1=O. The highest BCUT2D eigenvalue weighted by Gasteiger charge is 2.39. The predicted octanol–water partition coefficient (Wildman–Crippen LogP) is -0.167. The maximum atomic E-state index is 12.5. The highest BCUT2D eigenvalue weighted by atomic mass is 16.6. The molecular weight excluding hydrogens is 400 g/mol. The first kappa shape index (κ1) is 20.6. The number of aromatic carboxylic acids is 1. The molecule has 30 heavy (non-hydrogen) atoms. The first-order valence-corrected chi connectivity index (χ1v) is 8.68. The molecule has 0 unspecified atom stereocenters. The maximum Gasteiger partial charge on any atom is 0.389 e. The Bertz CT molecular complexity index is 1030. The molecular formula is C17H16N6O7. The number of nitrogens with zero attached hydrogens (tertiary/aromatic N) is 4. The lowest BCUT2D eigenvalue weighted by Crippen LogP contribution is -2.48. The van der Waals surface area contributed by atoms with Crippen molar-refractivity contribution in [1.29, 1.82) is 0 Å². The molecule has 1 saturated heterocycles. The Morgan fingerprint density at radius 1 is 1.30 bits per heavy atom. The molecule has 0 bridgehead atoms. The minimum absolute atomic E-state index is 0.0725. The van der Waals surface area contributed by atoms with Crippen molar-refractivity contribution < 1.29 is 29.2 Å². The smallest absolute Gasteiger partial charge is 0.389 e. The van der Waals surface area contributed by atoms with Crippen LogP contribution in [0.1, 0.15) is 23.2 Å². The summed E-state index contributed by atoms with van der Waals surface area (Å²) in [5, 5.41) is 23.3. The fourth-order valence-corrected chi connectivity index (χ4v) is 2.81. The average molecular weight is 416 g/mol. The second kappa shape index (κ2) is 8.48. The summed E-state index contributed by atoms with van der Waals surface area (Å²) in [5.41, 5.74) is 4.87. The molecule has 3 N–H and O–H groups in total. The molecule has 2 aromatic rings. The lowest BCUT2D eigenvalue weighted by atomic mass is 10.2. The third kappa shape index (κ3) is 4.47. The van der Waals surface area contributed by atoms with Crippen LogP contribution in [0.3, 0.4) is 0 Å². The second-order valence-electron chi connectivity index (χ2n) is 6.32. The lowest BCUT2D eigenvalue weighted by molar-refractivity contribution is -0.389. The number of aromatic nitrogens is 2.